The first-order valence-corrected chi connectivity index (χ1v) is 8.82. The van der Waals surface area contributed by atoms with Crippen LogP contribution in [0.1, 0.15) is 11.4 Å². The Morgan fingerprint density at radius 2 is 2.43 bits per heavy atom. The molecule has 116 valence electrons. The number of ether oxygens (including phenoxy) is 2. The largest absolute Gasteiger partial charge is 0.384 e. The number of nitrogens with one attached hydrogen (secondary N) is 1. The van der Waals surface area contributed by atoms with Gasteiger partial charge in [-0.3, -0.25) is 4.79 Å². The molecule has 2 aliphatic rings. The van der Waals surface area contributed by atoms with E-state index in [4.69, 9.17) is 9.47 Å². The number of fused-ring (bicyclic) bond motifs is 1. The summed E-state index contributed by atoms with van der Waals surface area (Å²) in [6, 6.07) is 0.182. The maximum atomic E-state index is 12.1. The number of rotatable bonds is 6. The predicted octanol–water partition coefficient (Wildman–Crippen LogP) is 1.10. The van der Waals surface area contributed by atoms with Crippen molar-refractivity contribution in [3.05, 3.63) is 5.01 Å². The van der Waals surface area contributed by atoms with E-state index in [2.05, 4.69) is 15.5 Å². The predicted molar refractivity (Wildman–Crippen MR) is 80.5 cm³/mol. The Kier molecular flexibility index (Phi) is 4.78. The van der Waals surface area contributed by atoms with Crippen LogP contribution in [-0.2, 0) is 14.3 Å². The first-order chi connectivity index (χ1) is 10.2. The van der Waals surface area contributed by atoms with Crippen molar-refractivity contribution < 1.29 is 14.3 Å². The highest BCUT2D eigenvalue weighted by Gasteiger charge is 2.54. The van der Waals surface area contributed by atoms with Crippen LogP contribution in [0.3, 0.4) is 0 Å². The molecule has 1 saturated carbocycles. The lowest BCUT2D eigenvalue weighted by molar-refractivity contribution is -0.127. The molecule has 0 bridgehead atoms. The number of aromatic nitrogens is 2. The Morgan fingerprint density at radius 1 is 1.57 bits per heavy atom. The zero-order valence-electron chi connectivity index (χ0n) is 12.1. The average molecular weight is 329 g/mol. The van der Waals surface area contributed by atoms with E-state index in [1.807, 2.05) is 6.92 Å². The van der Waals surface area contributed by atoms with Gasteiger partial charge < -0.3 is 14.8 Å². The van der Waals surface area contributed by atoms with Crippen LogP contribution in [0.5, 0.6) is 0 Å². The number of hydrogen-bond donors (Lipinski definition) is 1. The second-order valence-corrected chi connectivity index (χ2v) is 7.78. The topological polar surface area (TPSA) is 73.3 Å². The van der Waals surface area contributed by atoms with Crippen molar-refractivity contribution in [2.45, 2.75) is 29.8 Å². The number of hydrogen-bond acceptors (Lipinski definition) is 7. The number of amides is 1. The lowest BCUT2D eigenvalue weighted by Crippen LogP contribution is -2.63. The maximum Gasteiger partial charge on any atom is 0.230 e. The molecular formula is C13H19N3O3S2. The van der Waals surface area contributed by atoms with Crippen molar-refractivity contribution in [1.82, 2.24) is 15.5 Å². The van der Waals surface area contributed by atoms with Crippen LogP contribution in [0.25, 0.3) is 0 Å². The Bertz CT molecular complexity index is 511. The Labute approximate surface area is 132 Å². The first-order valence-electron chi connectivity index (χ1n) is 7.02. The summed E-state index contributed by atoms with van der Waals surface area (Å²) in [5.41, 5.74) is 0. The van der Waals surface area contributed by atoms with Gasteiger partial charge in [0, 0.05) is 31.6 Å². The summed E-state index contributed by atoms with van der Waals surface area (Å²) >= 11 is 2.95. The smallest absolute Gasteiger partial charge is 0.230 e. The summed E-state index contributed by atoms with van der Waals surface area (Å²) in [5, 5.41) is 12.0. The molecule has 21 heavy (non-hydrogen) atoms. The van der Waals surface area contributed by atoms with Gasteiger partial charge >= 0.3 is 0 Å². The van der Waals surface area contributed by atoms with Crippen molar-refractivity contribution >= 4 is 29.0 Å². The van der Waals surface area contributed by atoms with Gasteiger partial charge in [0.1, 0.15) is 5.01 Å². The zero-order valence-corrected chi connectivity index (χ0v) is 13.7. The van der Waals surface area contributed by atoms with Crippen LogP contribution >= 0.6 is 23.1 Å². The number of methoxy groups -OCH3 is 1. The summed E-state index contributed by atoms with van der Waals surface area (Å²) in [4.78, 5) is 12.1. The van der Waals surface area contributed by atoms with Gasteiger partial charge in [-0.05, 0) is 13.3 Å². The fourth-order valence-electron chi connectivity index (χ4n) is 3.13. The molecule has 2 fully saturated rings. The molecule has 0 spiro atoms. The molecule has 4 atom stereocenters. The lowest BCUT2D eigenvalue weighted by atomic mass is 9.67. The molecule has 1 amide bonds. The zero-order chi connectivity index (χ0) is 14.8. The fourth-order valence-corrected chi connectivity index (χ4v) is 4.75. The molecule has 0 unspecified atom stereocenters. The molecule has 1 aliphatic carbocycles. The second kappa shape index (κ2) is 6.60. The van der Waals surface area contributed by atoms with E-state index in [-0.39, 0.29) is 24.0 Å². The summed E-state index contributed by atoms with van der Waals surface area (Å²) in [7, 11) is 1.69. The monoisotopic (exact) mass is 329 g/mol. The van der Waals surface area contributed by atoms with E-state index in [0.29, 0.717) is 18.3 Å². The van der Waals surface area contributed by atoms with Gasteiger partial charge in [-0.25, -0.2) is 0 Å². The van der Waals surface area contributed by atoms with Gasteiger partial charge in [0.15, 0.2) is 4.34 Å². The number of aryl methyl sites for hydroxylation is 1. The number of nitrogens with zero attached hydrogens (tertiary/aromatic N) is 2. The van der Waals surface area contributed by atoms with Crippen LogP contribution in [0, 0.1) is 18.8 Å². The highest BCUT2D eigenvalue weighted by molar-refractivity contribution is 8.01. The molecular weight excluding hydrogens is 310 g/mol. The highest BCUT2D eigenvalue weighted by atomic mass is 32.2. The van der Waals surface area contributed by atoms with Crippen LogP contribution in [0.2, 0.25) is 0 Å². The standard InChI is InChI=1S/C13H19N3O3S2/c1-7-15-16-13(21-7)20-6-10(17)14-11-8-3-4-19-12(8)9(11)5-18-2/h8-9,11-12H,3-6H2,1-2H3,(H,14,17)/t8-,9-,11-,12-/m1/s1. The van der Waals surface area contributed by atoms with Crippen molar-refractivity contribution in [3.63, 3.8) is 0 Å². The van der Waals surface area contributed by atoms with Crippen molar-refractivity contribution in [2.75, 3.05) is 26.1 Å². The van der Waals surface area contributed by atoms with E-state index in [9.17, 15) is 4.79 Å². The van der Waals surface area contributed by atoms with E-state index < -0.39 is 0 Å². The first kappa shape index (κ1) is 15.2. The molecule has 1 N–H and O–H groups in total. The van der Waals surface area contributed by atoms with Crippen LogP contribution in [0.15, 0.2) is 4.34 Å². The van der Waals surface area contributed by atoms with Gasteiger partial charge in [-0.15, -0.1) is 10.2 Å². The highest BCUT2D eigenvalue weighted by Crippen LogP contribution is 2.43. The van der Waals surface area contributed by atoms with E-state index in [1.165, 1.54) is 23.1 Å². The Hall–Kier alpha value is -0.700. The van der Waals surface area contributed by atoms with E-state index in [0.717, 1.165) is 22.4 Å². The molecule has 0 aromatic carbocycles. The summed E-state index contributed by atoms with van der Waals surface area (Å²) in [6.07, 6.45) is 1.28. The van der Waals surface area contributed by atoms with Gasteiger partial charge in [0.25, 0.3) is 0 Å². The second-order valence-electron chi connectivity index (χ2n) is 5.38. The lowest BCUT2D eigenvalue weighted by Gasteiger charge is -2.47. The molecule has 6 nitrogen and oxygen atoms in total. The average Bonchev–Trinajstić information content (AvgIpc) is 3.07. The minimum Gasteiger partial charge on any atom is -0.384 e. The van der Waals surface area contributed by atoms with Crippen molar-refractivity contribution in [1.29, 1.82) is 0 Å². The summed E-state index contributed by atoms with van der Waals surface area (Å²) < 4.78 is 11.8. The molecule has 3 rings (SSSR count). The SMILES string of the molecule is COC[C@@H]1[C@H](NC(=O)CSc2nnc(C)s2)[C@H]2CCO[C@H]21. The van der Waals surface area contributed by atoms with Gasteiger partial charge in [-0.1, -0.05) is 23.1 Å². The molecule has 1 aromatic heterocycles. The quantitative estimate of drug-likeness (QED) is 0.788. The van der Waals surface area contributed by atoms with Gasteiger partial charge in [0.05, 0.1) is 18.5 Å². The number of carbonyl (C=O) groups excluding carboxylic acids is 1. The van der Waals surface area contributed by atoms with Gasteiger partial charge in [-0.2, -0.15) is 0 Å². The van der Waals surface area contributed by atoms with E-state index in [1.54, 1.807) is 7.11 Å². The third-order valence-corrected chi connectivity index (χ3v) is 6.02. The molecule has 1 aliphatic heterocycles. The minimum absolute atomic E-state index is 0.0457. The molecule has 1 aromatic rings. The third-order valence-electron chi connectivity index (χ3n) is 4.05. The maximum absolute atomic E-state index is 12.1. The van der Waals surface area contributed by atoms with Crippen LogP contribution < -0.4 is 5.32 Å². The summed E-state index contributed by atoms with van der Waals surface area (Å²) in [6.45, 7) is 3.33. The number of thioether (sulfide) groups is 1. The van der Waals surface area contributed by atoms with E-state index >= 15 is 0 Å². The van der Waals surface area contributed by atoms with Crippen molar-refractivity contribution in [2.24, 2.45) is 11.8 Å². The summed E-state index contributed by atoms with van der Waals surface area (Å²) in [5.74, 6) is 1.15. The molecule has 1 saturated heterocycles. The van der Waals surface area contributed by atoms with Crippen LogP contribution in [-0.4, -0.2) is 54.3 Å². The molecule has 8 heteroatoms. The van der Waals surface area contributed by atoms with Crippen LogP contribution in [0.4, 0.5) is 0 Å². The van der Waals surface area contributed by atoms with Gasteiger partial charge in [0.2, 0.25) is 5.91 Å². The number of carbonyl (C=O) groups is 1. The normalized spacial score (nSPS) is 30.8. The van der Waals surface area contributed by atoms with Crippen molar-refractivity contribution in [3.8, 4) is 0 Å². The fraction of sp³-hybridized carbons (Fsp3) is 0.769. The Balaban J connectivity index is 1.49. The third kappa shape index (κ3) is 3.23. The Morgan fingerprint density at radius 3 is 3.14 bits per heavy atom. The molecule has 0 radical (unpaired) electrons. The molecule has 2 heterocycles. The minimum atomic E-state index is 0.0457.